The Labute approximate surface area is 134 Å². The Bertz CT molecular complexity index is 1010. The van der Waals surface area contributed by atoms with Gasteiger partial charge in [0.15, 0.2) is 0 Å². The standard InChI is InChI=1S/C15H14N4O5/c20-9-3-4-18(6-9)7-12-16-13-10-2-1-8(19(22)23)5-11(10)24-14(13)15(21)17-12/h1-2,5,9,20H,3-4,6-7H2,(H,16,17,21)/t9-/m0/s1. The molecule has 9 heteroatoms. The number of furan rings is 1. The van der Waals surface area contributed by atoms with Gasteiger partial charge >= 0.3 is 0 Å². The number of rotatable bonds is 3. The van der Waals surface area contributed by atoms with Gasteiger partial charge in [-0.05, 0) is 12.5 Å². The van der Waals surface area contributed by atoms with Gasteiger partial charge in [-0.2, -0.15) is 0 Å². The minimum absolute atomic E-state index is 0.0516. The SMILES string of the molecule is O=c1[nH]c(CN2CC[C@H](O)C2)nc2c1oc1cc([N+](=O)[O-])ccc12. The third-order valence-electron chi connectivity index (χ3n) is 4.19. The average molecular weight is 330 g/mol. The molecule has 2 N–H and O–H groups in total. The summed E-state index contributed by atoms with van der Waals surface area (Å²) >= 11 is 0. The predicted octanol–water partition coefficient (Wildman–Crippen LogP) is 1.14. The number of H-pyrrole nitrogens is 1. The lowest BCUT2D eigenvalue weighted by atomic mass is 10.2. The number of nitro benzene ring substituents is 1. The van der Waals surface area contributed by atoms with Crippen molar-refractivity contribution in [3.05, 3.63) is 44.5 Å². The molecule has 0 aliphatic carbocycles. The van der Waals surface area contributed by atoms with Gasteiger partial charge < -0.3 is 14.5 Å². The molecule has 1 saturated heterocycles. The van der Waals surface area contributed by atoms with Crippen LogP contribution in [0.4, 0.5) is 5.69 Å². The molecule has 0 bridgehead atoms. The van der Waals surface area contributed by atoms with Crippen molar-refractivity contribution in [2.75, 3.05) is 13.1 Å². The number of non-ortho nitro benzene ring substituents is 1. The Kier molecular flexibility index (Phi) is 3.32. The lowest BCUT2D eigenvalue weighted by Crippen LogP contribution is -2.24. The second-order valence-corrected chi connectivity index (χ2v) is 5.91. The number of aromatic amines is 1. The molecule has 1 aromatic carbocycles. The van der Waals surface area contributed by atoms with Crippen molar-refractivity contribution in [1.82, 2.24) is 14.9 Å². The van der Waals surface area contributed by atoms with Crippen molar-refractivity contribution in [2.24, 2.45) is 0 Å². The fraction of sp³-hybridized carbons (Fsp3) is 0.333. The first kappa shape index (κ1) is 14.8. The highest BCUT2D eigenvalue weighted by molar-refractivity contribution is 6.02. The zero-order valence-electron chi connectivity index (χ0n) is 12.6. The summed E-state index contributed by atoms with van der Waals surface area (Å²) in [4.78, 5) is 31.7. The first-order chi connectivity index (χ1) is 11.5. The van der Waals surface area contributed by atoms with Crippen LogP contribution in [0.5, 0.6) is 0 Å². The normalized spacial score (nSPS) is 18.6. The van der Waals surface area contributed by atoms with E-state index in [1.165, 1.54) is 18.2 Å². The molecule has 1 aliphatic rings. The van der Waals surface area contributed by atoms with Crippen LogP contribution < -0.4 is 5.56 Å². The molecule has 0 saturated carbocycles. The minimum atomic E-state index is -0.519. The maximum Gasteiger partial charge on any atom is 0.294 e. The first-order valence-corrected chi connectivity index (χ1v) is 7.51. The van der Waals surface area contributed by atoms with Crippen molar-refractivity contribution in [3.63, 3.8) is 0 Å². The highest BCUT2D eigenvalue weighted by Gasteiger charge is 2.22. The van der Waals surface area contributed by atoms with Crippen LogP contribution in [0.3, 0.4) is 0 Å². The Morgan fingerprint density at radius 3 is 3.04 bits per heavy atom. The smallest absolute Gasteiger partial charge is 0.294 e. The van der Waals surface area contributed by atoms with Crippen molar-refractivity contribution < 1.29 is 14.4 Å². The van der Waals surface area contributed by atoms with E-state index in [-0.39, 0.29) is 23.0 Å². The molecule has 9 nitrogen and oxygen atoms in total. The predicted molar refractivity (Wildman–Crippen MR) is 84.7 cm³/mol. The van der Waals surface area contributed by atoms with E-state index < -0.39 is 10.5 Å². The highest BCUT2D eigenvalue weighted by atomic mass is 16.6. The molecule has 0 radical (unpaired) electrons. The number of β-amino-alcohol motifs (C(OH)–C–C–N with tert-alkyl or cyclic N) is 1. The minimum Gasteiger partial charge on any atom is -0.448 e. The van der Waals surface area contributed by atoms with Crippen molar-refractivity contribution in [1.29, 1.82) is 0 Å². The van der Waals surface area contributed by atoms with E-state index in [9.17, 15) is 20.0 Å². The first-order valence-electron chi connectivity index (χ1n) is 7.51. The number of hydrogen-bond acceptors (Lipinski definition) is 7. The average Bonchev–Trinajstić information content (AvgIpc) is 3.11. The van der Waals surface area contributed by atoms with Gasteiger partial charge in [-0.15, -0.1) is 0 Å². The summed E-state index contributed by atoms with van der Waals surface area (Å²) in [6, 6.07) is 4.18. The molecule has 1 fully saturated rings. The molecule has 1 atom stereocenters. The Morgan fingerprint density at radius 1 is 1.50 bits per heavy atom. The van der Waals surface area contributed by atoms with Crippen LogP contribution in [0.25, 0.3) is 22.1 Å². The van der Waals surface area contributed by atoms with Gasteiger partial charge in [0.25, 0.3) is 11.2 Å². The summed E-state index contributed by atoms with van der Waals surface area (Å²) in [5.41, 5.74) is 0.165. The molecule has 0 spiro atoms. The van der Waals surface area contributed by atoms with E-state index in [0.717, 1.165) is 6.54 Å². The molecule has 1 aliphatic heterocycles. The second kappa shape index (κ2) is 5.39. The maximum atomic E-state index is 12.2. The highest BCUT2D eigenvalue weighted by Crippen LogP contribution is 2.28. The molecule has 0 unspecified atom stereocenters. The van der Waals surface area contributed by atoms with Crippen LogP contribution in [0.15, 0.2) is 27.4 Å². The van der Waals surface area contributed by atoms with Crippen molar-refractivity contribution >= 4 is 27.8 Å². The molecule has 2 aromatic heterocycles. The molecular formula is C15H14N4O5. The van der Waals surface area contributed by atoms with Gasteiger partial charge in [0.2, 0.25) is 5.58 Å². The fourth-order valence-electron chi connectivity index (χ4n) is 3.04. The topological polar surface area (TPSA) is 126 Å². The largest absolute Gasteiger partial charge is 0.448 e. The molecule has 0 amide bonds. The van der Waals surface area contributed by atoms with Crippen LogP contribution in [-0.2, 0) is 6.54 Å². The Morgan fingerprint density at radius 2 is 2.33 bits per heavy atom. The zero-order valence-corrected chi connectivity index (χ0v) is 12.6. The number of nitrogens with one attached hydrogen (secondary N) is 1. The number of likely N-dealkylation sites (tertiary alicyclic amines) is 1. The summed E-state index contributed by atoms with van der Waals surface area (Å²) in [6.07, 6.45) is 0.348. The number of fused-ring (bicyclic) bond motifs is 3. The summed E-state index contributed by atoms with van der Waals surface area (Å²) < 4.78 is 5.45. The van der Waals surface area contributed by atoms with Gasteiger partial charge in [0.1, 0.15) is 16.9 Å². The van der Waals surface area contributed by atoms with Crippen LogP contribution in [-0.4, -0.2) is 44.1 Å². The third kappa shape index (κ3) is 2.43. The number of benzene rings is 1. The van der Waals surface area contributed by atoms with E-state index in [1.807, 2.05) is 4.90 Å². The number of aromatic nitrogens is 2. The molecule has 3 aromatic rings. The van der Waals surface area contributed by atoms with E-state index in [2.05, 4.69) is 9.97 Å². The summed E-state index contributed by atoms with van der Waals surface area (Å²) in [7, 11) is 0. The summed E-state index contributed by atoms with van der Waals surface area (Å²) in [5.74, 6) is 0.475. The number of nitrogens with zero attached hydrogens (tertiary/aromatic N) is 3. The maximum absolute atomic E-state index is 12.2. The lowest BCUT2D eigenvalue weighted by Gasteiger charge is -2.13. The number of nitro groups is 1. The summed E-state index contributed by atoms with van der Waals surface area (Å²) in [6.45, 7) is 1.70. The van der Waals surface area contributed by atoms with Crippen molar-refractivity contribution in [3.8, 4) is 0 Å². The number of aliphatic hydroxyl groups excluding tert-OH is 1. The molecule has 24 heavy (non-hydrogen) atoms. The van der Waals surface area contributed by atoms with Crippen LogP contribution in [0.2, 0.25) is 0 Å². The van der Waals surface area contributed by atoms with E-state index in [1.54, 1.807) is 0 Å². The quantitative estimate of drug-likeness (QED) is 0.545. The van der Waals surface area contributed by atoms with Crippen LogP contribution >= 0.6 is 0 Å². The number of aliphatic hydroxyl groups is 1. The van der Waals surface area contributed by atoms with E-state index in [4.69, 9.17) is 4.42 Å². The van der Waals surface area contributed by atoms with Gasteiger partial charge in [0.05, 0.1) is 23.6 Å². The zero-order chi connectivity index (χ0) is 16.8. The molecule has 124 valence electrons. The van der Waals surface area contributed by atoms with E-state index >= 15 is 0 Å². The number of hydrogen-bond donors (Lipinski definition) is 2. The van der Waals surface area contributed by atoms with Crippen molar-refractivity contribution in [2.45, 2.75) is 19.1 Å². The molecule has 3 heterocycles. The van der Waals surface area contributed by atoms with Gasteiger partial charge in [0, 0.05) is 24.5 Å². The second-order valence-electron chi connectivity index (χ2n) is 5.91. The van der Waals surface area contributed by atoms with Gasteiger partial charge in [-0.3, -0.25) is 19.8 Å². The third-order valence-corrected chi connectivity index (χ3v) is 4.19. The van der Waals surface area contributed by atoms with Crippen LogP contribution in [0, 0.1) is 10.1 Å². The lowest BCUT2D eigenvalue weighted by molar-refractivity contribution is -0.384. The monoisotopic (exact) mass is 330 g/mol. The Balaban J connectivity index is 1.80. The fourth-order valence-corrected chi connectivity index (χ4v) is 3.04. The molecular weight excluding hydrogens is 316 g/mol. The van der Waals surface area contributed by atoms with Crippen LogP contribution in [0.1, 0.15) is 12.2 Å². The van der Waals surface area contributed by atoms with Gasteiger partial charge in [-0.1, -0.05) is 0 Å². The summed E-state index contributed by atoms with van der Waals surface area (Å²) in [5, 5.41) is 21.0. The molecule has 4 rings (SSSR count). The van der Waals surface area contributed by atoms with Gasteiger partial charge in [-0.25, -0.2) is 4.98 Å². The van der Waals surface area contributed by atoms with E-state index in [0.29, 0.717) is 36.2 Å². The Hall–Kier alpha value is -2.78.